The van der Waals surface area contributed by atoms with Crippen LogP contribution in [0.15, 0.2) is 60.7 Å². The number of amides is 1. The number of carbonyl (C=O) groups excluding carboxylic acids is 1. The molecule has 8 heteroatoms. The van der Waals surface area contributed by atoms with E-state index in [1.807, 2.05) is 38.2 Å². The maximum atomic E-state index is 13.9. The molecule has 0 saturated heterocycles. The summed E-state index contributed by atoms with van der Waals surface area (Å²) in [6, 6.07) is 16.3. The van der Waals surface area contributed by atoms with E-state index in [-0.39, 0.29) is 18.9 Å². The Balaban J connectivity index is 1.74. The highest BCUT2D eigenvalue weighted by molar-refractivity contribution is 5.94. The Hall–Kier alpha value is -3.17. The number of rotatable bonds is 15. The van der Waals surface area contributed by atoms with Crippen molar-refractivity contribution >= 4 is 5.91 Å². The first-order valence-electron chi connectivity index (χ1n) is 13.7. The molecule has 2 atom stereocenters. The van der Waals surface area contributed by atoms with Gasteiger partial charge in [-0.15, -0.1) is 0 Å². The molecule has 0 bridgehead atoms. The Kier molecular flexibility index (Phi) is 12.2. The van der Waals surface area contributed by atoms with Gasteiger partial charge in [0.15, 0.2) is 0 Å². The minimum atomic E-state index is -1.01. The molecule has 0 radical (unpaired) electrons. The molecule has 0 spiro atoms. The van der Waals surface area contributed by atoms with E-state index in [0.717, 1.165) is 35.7 Å². The van der Waals surface area contributed by atoms with Crippen LogP contribution in [0.4, 0.5) is 8.78 Å². The van der Waals surface area contributed by atoms with Crippen molar-refractivity contribution in [3.05, 3.63) is 106 Å². The van der Waals surface area contributed by atoms with E-state index >= 15 is 0 Å². The van der Waals surface area contributed by atoms with Gasteiger partial charge in [-0.1, -0.05) is 42.8 Å². The number of hydrogen-bond acceptors (Lipinski definition) is 5. The second-order valence-corrected chi connectivity index (χ2v) is 10.4. The Labute approximate surface area is 236 Å². The second kappa shape index (κ2) is 15.6. The summed E-state index contributed by atoms with van der Waals surface area (Å²) >= 11 is 0. The van der Waals surface area contributed by atoms with Crippen LogP contribution in [0.2, 0.25) is 0 Å². The van der Waals surface area contributed by atoms with E-state index in [1.165, 1.54) is 17.7 Å². The van der Waals surface area contributed by atoms with Crippen LogP contribution in [0.1, 0.15) is 45.1 Å². The topological polar surface area (TPSA) is 73.8 Å². The molecule has 3 N–H and O–H groups in total. The normalized spacial score (nSPS) is 12.9. The molecule has 0 aliphatic heterocycles. The van der Waals surface area contributed by atoms with E-state index in [2.05, 4.69) is 34.6 Å². The Morgan fingerprint density at radius 3 is 2.42 bits per heavy atom. The number of aryl methyl sites for hydroxylation is 2. The number of halogens is 2. The van der Waals surface area contributed by atoms with Gasteiger partial charge in [0.2, 0.25) is 0 Å². The molecule has 0 aromatic heterocycles. The van der Waals surface area contributed by atoms with Crippen molar-refractivity contribution in [2.45, 2.75) is 51.9 Å². The molecule has 40 heavy (non-hydrogen) atoms. The van der Waals surface area contributed by atoms with Gasteiger partial charge in [0.05, 0.1) is 18.8 Å². The minimum Gasteiger partial charge on any atom is -0.390 e. The Bertz CT molecular complexity index is 1230. The van der Waals surface area contributed by atoms with Gasteiger partial charge in [-0.05, 0) is 73.3 Å². The molecule has 2 unspecified atom stereocenters. The lowest BCUT2D eigenvalue weighted by Gasteiger charge is -2.25. The predicted octanol–water partition coefficient (Wildman–Crippen LogP) is 4.41. The van der Waals surface area contributed by atoms with Gasteiger partial charge in [-0.3, -0.25) is 9.69 Å². The predicted molar refractivity (Wildman–Crippen MR) is 154 cm³/mol. The largest absolute Gasteiger partial charge is 0.390 e. The molecule has 3 aromatic carbocycles. The van der Waals surface area contributed by atoms with Gasteiger partial charge in [0, 0.05) is 44.9 Å². The zero-order chi connectivity index (χ0) is 29.1. The molecule has 0 aliphatic rings. The number of likely N-dealkylation sites (N-methyl/N-ethyl adjacent to an activating group) is 1. The maximum Gasteiger partial charge on any atom is 0.251 e. The molecule has 6 nitrogen and oxygen atoms in total. The highest BCUT2D eigenvalue weighted by atomic mass is 19.1. The summed E-state index contributed by atoms with van der Waals surface area (Å²) in [6.07, 6.45) is -0.0135. The molecular weight excluding hydrogens is 512 g/mol. The molecule has 0 saturated carbocycles. The van der Waals surface area contributed by atoms with Gasteiger partial charge in [0.25, 0.3) is 5.91 Å². The standard InChI is InChI=1S/C32H41F2N3O3/c1-5-23-7-6-8-24(13-23)19-35-20-31(38)30(17-25-15-28(33)18-29(34)16-25)36-32(39)27-12-22(2)11-26(14-27)21-37(3)9-10-40-4/h6-8,11-16,18,30-31,35,38H,5,9-10,17,19-21H2,1-4H3,(H,36,39). The van der Waals surface area contributed by atoms with Gasteiger partial charge in [-0.25, -0.2) is 8.78 Å². The number of hydrogen-bond donors (Lipinski definition) is 3. The lowest BCUT2D eigenvalue weighted by atomic mass is 9.99. The monoisotopic (exact) mass is 553 g/mol. The number of nitrogens with one attached hydrogen (secondary N) is 2. The third-order valence-corrected chi connectivity index (χ3v) is 6.77. The lowest BCUT2D eigenvalue weighted by Crippen LogP contribution is -2.48. The van der Waals surface area contributed by atoms with Gasteiger partial charge < -0.3 is 20.5 Å². The zero-order valence-corrected chi connectivity index (χ0v) is 23.8. The van der Waals surface area contributed by atoms with E-state index < -0.39 is 23.8 Å². The zero-order valence-electron chi connectivity index (χ0n) is 23.8. The van der Waals surface area contributed by atoms with Gasteiger partial charge in [-0.2, -0.15) is 0 Å². The summed E-state index contributed by atoms with van der Waals surface area (Å²) < 4.78 is 33.0. The highest BCUT2D eigenvalue weighted by Crippen LogP contribution is 2.15. The summed E-state index contributed by atoms with van der Waals surface area (Å²) in [4.78, 5) is 15.5. The molecule has 3 rings (SSSR count). The third-order valence-electron chi connectivity index (χ3n) is 6.77. The molecule has 0 heterocycles. The number of ether oxygens (including phenoxy) is 1. The molecular formula is C32H41F2N3O3. The molecule has 0 aliphatic carbocycles. The number of carbonyl (C=O) groups is 1. The summed E-state index contributed by atoms with van der Waals surface area (Å²) in [5, 5.41) is 17.3. The maximum absolute atomic E-state index is 13.9. The first-order chi connectivity index (χ1) is 19.2. The number of nitrogens with zero attached hydrogens (tertiary/aromatic N) is 1. The van der Waals surface area contributed by atoms with Crippen LogP contribution >= 0.6 is 0 Å². The Morgan fingerprint density at radius 2 is 1.73 bits per heavy atom. The summed E-state index contributed by atoms with van der Waals surface area (Å²) in [5.74, 6) is -1.77. The van der Waals surface area contributed by atoms with Crippen LogP contribution in [0.3, 0.4) is 0 Å². The number of aliphatic hydroxyl groups excluding tert-OH is 1. The minimum absolute atomic E-state index is 0.0625. The molecule has 216 valence electrons. The average molecular weight is 554 g/mol. The highest BCUT2D eigenvalue weighted by Gasteiger charge is 2.23. The number of methoxy groups -OCH3 is 1. The second-order valence-electron chi connectivity index (χ2n) is 10.4. The lowest BCUT2D eigenvalue weighted by molar-refractivity contribution is 0.0829. The molecule has 3 aromatic rings. The van der Waals surface area contributed by atoms with Crippen LogP contribution in [0, 0.1) is 18.6 Å². The molecule has 0 fully saturated rings. The van der Waals surface area contributed by atoms with Crippen LogP contribution in [-0.4, -0.2) is 61.9 Å². The van der Waals surface area contributed by atoms with Crippen molar-refractivity contribution in [1.82, 2.24) is 15.5 Å². The van der Waals surface area contributed by atoms with Crippen molar-refractivity contribution in [1.29, 1.82) is 0 Å². The summed E-state index contributed by atoms with van der Waals surface area (Å²) in [5.41, 5.74) is 5.03. The van der Waals surface area contributed by atoms with Crippen LogP contribution in [0.5, 0.6) is 0 Å². The molecule has 1 amide bonds. The summed E-state index contributed by atoms with van der Waals surface area (Å²) in [7, 11) is 3.64. The van der Waals surface area contributed by atoms with Crippen molar-refractivity contribution in [2.75, 3.05) is 33.9 Å². The van der Waals surface area contributed by atoms with E-state index in [4.69, 9.17) is 4.74 Å². The van der Waals surface area contributed by atoms with Crippen molar-refractivity contribution in [3.63, 3.8) is 0 Å². The fourth-order valence-electron chi connectivity index (χ4n) is 4.71. The Morgan fingerprint density at radius 1 is 1.00 bits per heavy atom. The average Bonchev–Trinajstić information content (AvgIpc) is 2.90. The fraction of sp³-hybridized carbons (Fsp3) is 0.406. The van der Waals surface area contributed by atoms with Crippen LogP contribution in [-0.2, 0) is 30.7 Å². The first-order valence-corrected chi connectivity index (χ1v) is 13.7. The van der Waals surface area contributed by atoms with Gasteiger partial charge >= 0.3 is 0 Å². The smallest absolute Gasteiger partial charge is 0.251 e. The number of aliphatic hydroxyl groups is 1. The van der Waals surface area contributed by atoms with Crippen LogP contribution in [0.25, 0.3) is 0 Å². The van der Waals surface area contributed by atoms with E-state index in [9.17, 15) is 18.7 Å². The third kappa shape index (κ3) is 10.1. The van der Waals surface area contributed by atoms with Crippen LogP contribution < -0.4 is 10.6 Å². The summed E-state index contributed by atoms with van der Waals surface area (Å²) in [6.45, 7) is 6.74. The van der Waals surface area contributed by atoms with E-state index in [1.54, 1.807) is 13.2 Å². The fourth-order valence-corrected chi connectivity index (χ4v) is 4.71. The van der Waals surface area contributed by atoms with Gasteiger partial charge in [0.1, 0.15) is 11.6 Å². The van der Waals surface area contributed by atoms with Crippen molar-refractivity contribution in [3.8, 4) is 0 Å². The van der Waals surface area contributed by atoms with Crippen molar-refractivity contribution in [2.24, 2.45) is 0 Å². The first kappa shape index (κ1) is 31.4. The van der Waals surface area contributed by atoms with E-state index in [0.29, 0.717) is 30.8 Å². The van der Waals surface area contributed by atoms with Crippen molar-refractivity contribution < 1.29 is 23.4 Å². The quantitative estimate of drug-likeness (QED) is 0.260. The SMILES string of the molecule is CCc1cccc(CNCC(O)C(Cc2cc(F)cc(F)c2)NC(=O)c2cc(C)cc(CN(C)CCOC)c2)c1. The number of benzene rings is 3.